The molecule has 0 bridgehead atoms. The first-order chi connectivity index (χ1) is 9.27. The Morgan fingerprint density at radius 3 is 2.84 bits per heavy atom. The van der Waals surface area contributed by atoms with E-state index in [1.54, 1.807) is 24.3 Å². The quantitative estimate of drug-likeness (QED) is 0.642. The fourth-order valence-electron chi connectivity index (χ4n) is 1.55. The van der Waals surface area contributed by atoms with Crippen molar-refractivity contribution in [1.29, 1.82) is 0 Å². The van der Waals surface area contributed by atoms with Gasteiger partial charge in [-0.3, -0.25) is 0 Å². The van der Waals surface area contributed by atoms with Crippen LogP contribution in [0.5, 0.6) is 0 Å². The first-order valence-electron chi connectivity index (χ1n) is 5.92. The summed E-state index contributed by atoms with van der Waals surface area (Å²) in [5, 5.41) is 3.00. The minimum Gasteiger partial charge on any atom is -0.458 e. The van der Waals surface area contributed by atoms with Crippen LogP contribution in [-0.4, -0.2) is 19.1 Å². The third-order valence-electron chi connectivity index (χ3n) is 2.51. The van der Waals surface area contributed by atoms with Gasteiger partial charge in [-0.1, -0.05) is 18.2 Å². The summed E-state index contributed by atoms with van der Waals surface area (Å²) >= 11 is 0. The SMILES string of the molecule is O=C(OCCNCc1ccccc1F)c1ccco1. The van der Waals surface area contributed by atoms with E-state index in [2.05, 4.69) is 5.32 Å². The second-order valence-electron chi connectivity index (χ2n) is 3.88. The number of halogens is 1. The Labute approximate surface area is 110 Å². The van der Waals surface area contributed by atoms with Crippen molar-refractivity contribution in [2.75, 3.05) is 13.2 Å². The number of hydrogen-bond acceptors (Lipinski definition) is 4. The molecule has 0 atom stereocenters. The van der Waals surface area contributed by atoms with Crippen molar-refractivity contribution in [2.24, 2.45) is 0 Å². The summed E-state index contributed by atoms with van der Waals surface area (Å²) in [6, 6.07) is 9.69. The van der Waals surface area contributed by atoms with Crippen LogP contribution in [0.15, 0.2) is 47.1 Å². The Bertz CT molecular complexity index is 525. The molecule has 0 amide bonds. The molecule has 0 spiro atoms. The van der Waals surface area contributed by atoms with Crippen LogP contribution in [0, 0.1) is 5.82 Å². The minimum atomic E-state index is -0.502. The first-order valence-corrected chi connectivity index (χ1v) is 5.92. The number of esters is 1. The maximum absolute atomic E-state index is 13.3. The topological polar surface area (TPSA) is 51.5 Å². The van der Waals surface area contributed by atoms with Gasteiger partial charge in [0.1, 0.15) is 12.4 Å². The zero-order valence-electron chi connectivity index (χ0n) is 10.3. The lowest BCUT2D eigenvalue weighted by molar-refractivity contribution is 0.0472. The Morgan fingerprint density at radius 1 is 1.26 bits per heavy atom. The van der Waals surface area contributed by atoms with Crippen LogP contribution in [0.4, 0.5) is 4.39 Å². The van der Waals surface area contributed by atoms with Crippen molar-refractivity contribution in [2.45, 2.75) is 6.54 Å². The molecule has 0 unspecified atom stereocenters. The molecule has 1 aromatic heterocycles. The fourth-order valence-corrected chi connectivity index (χ4v) is 1.55. The van der Waals surface area contributed by atoms with Gasteiger partial charge in [0.25, 0.3) is 0 Å². The summed E-state index contributed by atoms with van der Waals surface area (Å²) in [4.78, 5) is 11.4. The van der Waals surface area contributed by atoms with E-state index in [0.717, 1.165) is 0 Å². The Hall–Kier alpha value is -2.14. The summed E-state index contributed by atoms with van der Waals surface area (Å²) in [5.74, 6) is -0.575. The standard InChI is InChI=1S/C14H14FNO3/c15-12-5-2-1-4-11(12)10-16-7-9-19-14(17)13-6-3-8-18-13/h1-6,8,16H,7,9-10H2. The molecule has 4 nitrogen and oxygen atoms in total. The normalized spacial score (nSPS) is 10.4. The molecule has 0 radical (unpaired) electrons. The van der Waals surface area contributed by atoms with Gasteiger partial charge in [0.15, 0.2) is 0 Å². The number of carbonyl (C=O) groups is 1. The van der Waals surface area contributed by atoms with Crippen LogP contribution in [0.1, 0.15) is 16.1 Å². The van der Waals surface area contributed by atoms with E-state index in [1.807, 2.05) is 0 Å². The van der Waals surface area contributed by atoms with Gasteiger partial charge in [-0.2, -0.15) is 0 Å². The average Bonchev–Trinajstić information content (AvgIpc) is 2.94. The van der Waals surface area contributed by atoms with Crippen LogP contribution >= 0.6 is 0 Å². The molecule has 5 heteroatoms. The van der Waals surface area contributed by atoms with Gasteiger partial charge in [-0.25, -0.2) is 9.18 Å². The van der Waals surface area contributed by atoms with E-state index in [9.17, 15) is 9.18 Å². The summed E-state index contributed by atoms with van der Waals surface area (Å²) in [5.41, 5.74) is 0.583. The maximum atomic E-state index is 13.3. The molecule has 1 aromatic carbocycles. The Kier molecular flexibility index (Phi) is 4.69. The molecule has 2 rings (SSSR count). The van der Waals surface area contributed by atoms with E-state index in [4.69, 9.17) is 9.15 Å². The van der Waals surface area contributed by atoms with E-state index in [0.29, 0.717) is 18.7 Å². The van der Waals surface area contributed by atoms with Gasteiger partial charge in [0, 0.05) is 18.7 Å². The molecular formula is C14H14FNO3. The number of hydrogen-bond donors (Lipinski definition) is 1. The lowest BCUT2D eigenvalue weighted by atomic mass is 10.2. The smallest absolute Gasteiger partial charge is 0.374 e. The van der Waals surface area contributed by atoms with Crippen LogP contribution in [-0.2, 0) is 11.3 Å². The van der Waals surface area contributed by atoms with Crippen LogP contribution in [0.2, 0.25) is 0 Å². The van der Waals surface area contributed by atoms with Crippen molar-refractivity contribution in [1.82, 2.24) is 5.32 Å². The van der Waals surface area contributed by atoms with Crippen molar-refractivity contribution in [3.8, 4) is 0 Å². The van der Waals surface area contributed by atoms with Gasteiger partial charge in [0.05, 0.1) is 6.26 Å². The van der Waals surface area contributed by atoms with Crippen molar-refractivity contribution < 1.29 is 18.3 Å². The molecule has 0 aliphatic heterocycles. The highest BCUT2D eigenvalue weighted by atomic mass is 19.1. The zero-order chi connectivity index (χ0) is 13.5. The zero-order valence-corrected chi connectivity index (χ0v) is 10.3. The summed E-state index contributed by atoms with van der Waals surface area (Å²) in [6.07, 6.45) is 1.41. The van der Waals surface area contributed by atoms with Gasteiger partial charge >= 0.3 is 5.97 Å². The Morgan fingerprint density at radius 2 is 2.11 bits per heavy atom. The second-order valence-corrected chi connectivity index (χ2v) is 3.88. The molecule has 0 saturated heterocycles. The number of ether oxygens (including phenoxy) is 1. The predicted octanol–water partition coefficient (Wildman–Crippen LogP) is 2.37. The first kappa shape index (κ1) is 13.3. The third-order valence-corrected chi connectivity index (χ3v) is 2.51. The van der Waals surface area contributed by atoms with Gasteiger partial charge in [0.2, 0.25) is 5.76 Å². The molecule has 1 heterocycles. The van der Waals surface area contributed by atoms with Crippen LogP contribution in [0.25, 0.3) is 0 Å². The highest BCUT2D eigenvalue weighted by Crippen LogP contribution is 2.05. The fraction of sp³-hybridized carbons (Fsp3) is 0.214. The monoisotopic (exact) mass is 263 g/mol. The van der Waals surface area contributed by atoms with E-state index < -0.39 is 5.97 Å². The van der Waals surface area contributed by atoms with Crippen molar-refractivity contribution >= 4 is 5.97 Å². The highest BCUT2D eigenvalue weighted by molar-refractivity contribution is 5.86. The number of benzene rings is 1. The summed E-state index contributed by atoms with van der Waals surface area (Å²) in [7, 11) is 0. The molecule has 2 aromatic rings. The molecule has 100 valence electrons. The minimum absolute atomic E-state index is 0.175. The largest absolute Gasteiger partial charge is 0.458 e. The number of nitrogens with one attached hydrogen (secondary N) is 1. The molecule has 1 N–H and O–H groups in total. The average molecular weight is 263 g/mol. The lowest BCUT2D eigenvalue weighted by Gasteiger charge is -2.06. The summed E-state index contributed by atoms with van der Waals surface area (Å²) in [6.45, 7) is 1.04. The van der Waals surface area contributed by atoms with E-state index in [1.165, 1.54) is 18.4 Å². The number of carbonyl (C=O) groups excluding carboxylic acids is 1. The second kappa shape index (κ2) is 6.70. The molecule has 0 aliphatic rings. The van der Waals surface area contributed by atoms with Crippen LogP contribution < -0.4 is 5.32 Å². The lowest BCUT2D eigenvalue weighted by Crippen LogP contribution is -2.21. The molecule has 19 heavy (non-hydrogen) atoms. The number of furan rings is 1. The molecule has 0 fully saturated rings. The van der Waals surface area contributed by atoms with Crippen LogP contribution in [0.3, 0.4) is 0 Å². The Balaban J connectivity index is 1.65. The summed E-state index contributed by atoms with van der Waals surface area (Å²) < 4.78 is 23.1. The van der Waals surface area contributed by atoms with Crippen molar-refractivity contribution in [3.05, 3.63) is 59.8 Å². The molecule has 0 saturated carbocycles. The highest BCUT2D eigenvalue weighted by Gasteiger charge is 2.08. The third kappa shape index (κ3) is 3.93. The molecule has 0 aliphatic carbocycles. The maximum Gasteiger partial charge on any atom is 0.374 e. The predicted molar refractivity (Wildman–Crippen MR) is 67.1 cm³/mol. The van der Waals surface area contributed by atoms with E-state index >= 15 is 0 Å². The molecular weight excluding hydrogens is 249 g/mol. The van der Waals surface area contributed by atoms with Gasteiger partial charge < -0.3 is 14.5 Å². The van der Waals surface area contributed by atoms with Gasteiger partial charge in [-0.15, -0.1) is 0 Å². The van der Waals surface area contributed by atoms with Gasteiger partial charge in [-0.05, 0) is 18.2 Å². The van der Waals surface area contributed by atoms with Crippen molar-refractivity contribution in [3.63, 3.8) is 0 Å². The van der Waals surface area contributed by atoms with E-state index in [-0.39, 0.29) is 18.2 Å². The number of rotatable bonds is 6.